The summed E-state index contributed by atoms with van der Waals surface area (Å²) in [4.78, 5) is 50.9. The number of ether oxygens (including phenoxy) is 4. The molecule has 6 N–H and O–H groups in total. The standard InChI is InChI=1S/C24H26N2O4S.C19H24N2O3.C6H5NO2/c1-24(2,15-25-22(27)17-11-12-31-14-17)18-6-8-19(9-7-18)26-23(28)16-5-10-20(29-3)21(13-16)30-4;1-19(2,12-20)14-6-8-15(9-7-14)21-18(22)13-5-10-16(23-3)17(11-13)24-4;8-6(9)5-3-1-2-4-7-5/h5-14H,15H2,1-4H3,(H,25,27)(H,26,28);5-11H,12,20H2,1-4H3,(H,21,22);1-4H,(H,8,9). The summed E-state index contributed by atoms with van der Waals surface area (Å²) in [6.07, 6.45) is 1.45. The Hall–Kier alpha value is -7.23. The molecule has 0 aliphatic rings. The molecular formula is C49H55N5O9S. The maximum atomic E-state index is 12.6. The van der Waals surface area contributed by atoms with Gasteiger partial charge in [-0.3, -0.25) is 14.4 Å². The van der Waals surface area contributed by atoms with Crippen molar-refractivity contribution < 1.29 is 43.2 Å². The molecule has 0 unspecified atom stereocenters. The molecule has 64 heavy (non-hydrogen) atoms. The van der Waals surface area contributed by atoms with Gasteiger partial charge in [-0.2, -0.15) is 11.3 Å². The van der Waals surface area contributed by atoms with E-state index in [4.69, 9.17) is 29.8 Å². The van der Waals surface area contributed by atoms with E-state index in [9.17, 15) is 19.2 Å². The van der Waals surface area contributed by atoms with Crippen LogP contribution in [0.4, 0.5) is 11.4 Å². The third-order valence-electron chi connectivity index (χ3n) is 10.0. The van der Waals surface area contributed by atoms with Crippen molar-refractivity contribution in [2.45, 2.75) is 38.5 Å². The molecule has 0 spiro atoms. The van der Waals surface area contributed by atoms with E-state index < -0.39 is 5.97 Å². The number of hydrogen-bond acceptors (Lipinski definition) is 11. The fraction of sp³-hybridized carbons (Fsp3) is 0.245. The molecule has 14 nitrogen and oxygen atoms in total. The number of carbonyl (C=O) groups is 4. The fourth-order valence-corrected chi connectivity index (χ4v) is 6.51. The monoisotopic (exact) mass is 889 g/mol. The lowest BCUT2D eigenvalue weighted by molar-refractivity contribution is 0.0689. The number of hydrogen-bond donors (Lipinski definition) is 5. The van der Waals surface area contributed by atoms with Crippen LogP contribution >= 0.6 is 11.3 Å². The molecule has 4 aromatic carbocycles. The van der Waals surface area contributed by atoms with Crippen molar-refractivity contribution in [1.29, 1.82) is 0 Å². The molecule has 0 saturated heterocycles. The van der Waals surface area contributed by atoms with Gasteiger partial charge < -0.3 is 45.7 Å². The normalized spacial score (nSPS) is 10.7. The molecule has 6 aromatic rings. The number of anilines is 2. The van der Waals surface area contributed by atoms with Crippen LogP contribution in [0.1, 0.15) is 80.4 Å². The molecule has 2 heterocycles. The Balaban J connectivity index is 0.000000240. The highest BCUT2D eigenvalue weighted by molar-refractivity contribution is 7.08. The lowest BCUT2D eigenvalue weighted by atomic mass is 9.84. The Morgan fingerprint density at radius 2 is 1.09 bits per heavy atom. The Labute approximate surface area is 377 Å². The van der Waals surface area contributed by atoms with Crippen LogP contribution in [0.15, 0.2) is 126 Å². The summed E-state index contributed by atoms with van der Waals surface area (Å²) in [6, 6.07) is 32.0. The molecule has 336 valence electrons. The largest absolute Gasteiger partial charge is 0.493 e. The third-order valence-corrected chi connectivity index (χ3v) is 10.7. The van der Waals surface area contributed by atoms with Crippen LogP contribution in [0, 0.1) is 0 Å². The summed E-state index contributed by atoms with van der Waals surface area (Å²) < 4.78 is 20.9. The Morgan fingerprint density at radius 1 is 0.609 bits per heavy atom. The number of rotatable bonds is 15. The molecule has 0 bridgehead atoms. The van der Waals surface area contributed by atoms with Crippen LogP contribution in [0.5, 0.6) is 23.0 Å². The number of nitrogens with one attached hydrogen (secondary N) is 3. The van der Waals surface area contributed by atoms with E-state index >= 15 is 0 Å². The highest BCUT2D eigenvalue weighted by Crippen LogP contribution is 2.30. The number of carboxylic acids is 1. The molecule has 0 aliphatic carbocycles. The highest BCUT2D eigenvalue weighted by atomic mass is 32.1. The van der Waals surface area contributed by atoms with Gasteiger partial charge in [0.15, 0.2) is 23.0 Å². The molecule has 2 aromatic heterocycles. The van der Waals surface area contributed by atoms with Crippen LogP contribution in [-0.2, 0) is 10.8 Å². The molecule has 3 amide bonds. The summed E-state index contributed by atoms with van der Waals surface area (Å²) >= 11 is 1.50. The summed E-state index contributed by atoms with van der Waals surface area (Å²) in [5.41, 5.74) is 10.8. The molecule has 0 radical (unpaired) electrons. The van der Waals surface area contributed by atoms with E-state index in [1.807, 2.05) is 65.4 Å². The summed E-state index contributed by atoms with van der Waals surface area (Å²) in [5, 5.41) is 20.8. The van der Waals surface area contributed by atoms with Gasteiger partial charge in [-0.05, 0) is 95.4 Å². The van der Waals surface area contributed by atoms with E-state index in [1.54, 1.807) is 62.8 Å². The molecule has 0 saturated carbocycles. The third kappa shape index (κ3) is 13.9. The number of carboxylic acid groups (broad SMARTS) is 1. The van der Waals surface area contributed by atoms with Gasteiger partial charge in [0.25, 0.3) is 17.7 Å². The number of pyridine rings is 1. The minimum absolute atomic E-state index is 0.0758. The van der Waals surface area contributed by atoms with Gasteiger partial charge in [-0.25, -0.2) is 9.78 Å². The van der Waals surface area contributed by atoms with E-state index in [-0.39, 0.29) is 34.2 Å². The molecule has 0 aliphatic heterocycles. The number of benzene rings is 4. The number of amides is 3. The molecule has 15 heteroatoms. The molecule has 0 atom stereocenters. The minimum Gasteiger partial charge on any atom is -0.493 e. The molecule has 6 rings (SSSR count). The number of nitrogens with two attached hydrogens (primary N) is 1. The molecule has 0 fully saturated rings. The van der Waals surface area contributed by atoms with E-state index in [0.717, 1.165) is 16.8 Å². The highest BCUT2D eigenvalue weighted by Gasteiger charge is 2.23. The first-order valence-electron chi connectivity index (χ1n) is 20.0. The quantitative estimate of drug-likeness (QED) is 0.0661. The van der Waals surface area contributed by atoms with Crippen molar-refractivity contribution in [2.24, 2.45) is 5.73 Å². The van der Waals surface area contributed by atoms with E-state index in [1.165, 1.54) is 37.8 Å². The maximum absolute atomic E-state index is 12.6. The van der Waals surface area contributed by atoms with Crippen molar-refractivity contribution in [3.05, 3.63) is 160 Å². The Morgan fingerprint density at radius 3 is 1.47 bits per heavy atom. The van der Waals surface area contributed by atoms with Gasteiger partial charge in [0.2, 0.25) is 0 Å². The van der Waals surface area contributed by atoms with Gasteiger partial charge in [-0.15, -0.1) is 0 Å². The zero-order valence-electron chi connectivity index (χ0n) is 37.2. The van der Waals surface area contributed by atoms with Crippen LogP contribution in [0.3, 0.4) is 0 Å². The number of thiophene rings is 1. The minimum atomic E-state index is -0.990. The smallest absolute Gasteiger partial charge is 0.354 e. The van der Waals surface area contributed by atoms with Gasteiger partial charge in [-0.1, -0.05) is 58.0 Å². The number of nitrogens with zero attached hydrogens (tertiary/aromatic N) is 1. The maximum Gasteiger partial charge on any atom is 0.354 e. The van der Waals surface area contributed by atoms with Gasteiger partial charge >= 0.3 is 5.97 Å². The lowest BCUT2D eigenvalue weighted by Gasteiger charge is -2.26. The second-order valence-electron chi connectivity index (χ2n) is 15.4. The second kappa shape index (κ2) is 23.3. The number of aromatic nitrogens is 1. The summed E-state index contributed by atoms with van der Waals surface area (Å²) in [7, 11) is 6.18. The Bertz CT molecular complexity index is 2460. The second-order valence-corrected chi connectivity index (χ2v) is 16.2. The first-order chi connectivity index (χ1) is 30.5. The average Bonchev–Trinajstić information content (AvgIpc) is 3.87. The lowest BCUT2D eigenvalue weighted by Crippen LogP contribution is -2.36. The summed E-state index contributed by atoms with van der Waals surface area (Å²) in [5.74, 6) is 0.655. The van der Waals surface area contributed by atoms with Crippen LogP contribution in [0.2, 0.25) is 0 Å². The van der Waals surface area contributed by atoms with E-state index in [2.05, 4.69) is 48.6 Å². The first-order valence-corrected chi connectivity index (χ1v) is 20.9. The number of carbonyl (C=O) groups excluding carboxylic acids is 3. The van der Waals surface area contributed by atoms with Crippen molar-refractivity contribution >= 4 is 46.4 Å². The van der Waals surface area contributed by atoms with Gasteiger partial charge in [0.1, 0.15) is 5.69 Å². The fourth-order valence-electron chi connectivity index (χ4n) is 5.88. The van der Waals surface area contributed by atoms with Crippen molar-refractivity contribution in [3.63, 3.8) is 0 Å². The summed E-state index contributed by atoms with van der Waals surface area (Å²) in [6.45, 7) is 9.37. The van der Waals surface area contributed by atoms with Gasteiger partial charge in [0.05, 0.1) is 28.4 Å². The van der Waals surface area contributed by atoms with Crippen molar-refractivity contribution in [2.75, 3.05) is 52.2 Å². The molecular weight excluding hydrogens is 835 g/mol. The predicted octanol–water partition coefficient (Wildman–Crippen LogP) is 8.70. The topological polar surface area (TPSA) is 200 Å². The van der Waals surface area contributed by atoms with Crippen molar-refractivity contribution in [3.8, 4) is 23.0 Å². The predicted molar refractivity (Wildman–Crippen MR) is 251 cm³/mol. The number of methoxy groups -OCH3 is 4. The SMILES string of the molecule is COc1ccc(C(=O)Nc2ccc(C(C)(C)CN)cc2)cc1OC.COc1ccc(C(=O)Nc2ccc(C(C)(C)CNC(=O)c3ccsc3)cc2)cc1OC.O=C(O)c1ccccn1. The Kier molecular flexibility index (Phi) is 18.0. The average molecular weight is 890 g/mol. The van der Waals surface area contributed by atoms with E-state index in [0.29, 0.717) is 58.5 Å². The zero-order valence-corrected chi connectivity index (χ0v) is 38.0. The van der Waals surface area contributed by atoms with Crippen LogP contribution in [-0.4, -0.2) is 75.3 Å². The number of aromatic carboxylic acids is 1. The van der Waals surface area contributed by atoms with Crippen molar-refractivity contribution in [1.82, 2.24) is 10.3 Å². The van der Waals surface area contributed by atoms with Crippen LogP contribution < -0.4 is 40.6 Å². The van der Waals surface area contributed by atoms with Crippen LogP contribution in [0.25, 0.3) is 0 Å². The van der Waals surface area contributed by atoms with Gasteiger partial charge in [0, 0.05) is 63.6 Å². The zero-order chi connectivity index (χ0) is 46.9. The first kappa shape index (κ1) is 49.4.